The Labute approximate surface area is 151 Å². The average Bonchev–Trinajstić information content (AvgIpc) is 2.63. The molecule has 1 saturated heterocycles. The summed E-state index contributed by atoms with van der Waals surface area (Å²) in [6.07, 6.45) is 1.89. The van der Waals surface area contributed by atoms with Crippen LogP contribution < -0.4 is 5.32 Å². The molecule has 132 valence electrons. The summed E-state index contributed by atoms with van der Waals surface area (Å²) in [5.74, 6) is 0.341. The second-order valence-corrected chi connectivity index (χ2v) is 7.12. The molecule has 1 atom stereocenters. The number of carbonyl (C=O) groups excluding carboxylic acids is 1. The van der Waals surface area contributed by atoms with Crippen LogP contribution in [0.3, 0.4) is 0 Å². The van der Waals surface area contributed by atoms with E-state index in [0.29, 0.717) is 0 Å². The van der Waals surface area contributed by atoms with Crippen molar-refractivity contribution in [1.82, 2.24) is 10.2 Å². The van der Waals surface area contributed by atoms with Gasteiger partial charge in [-0.15, -0.1) is 0 Å². The van der Waals surface area contributed by atoms with Gasteiger partial charge in [-0.3, -0.25) is 9.69 Å². The summed E-state index contributed by atoms with van der Waals surface area (Å²) in [5.41, 5.74) is 3.78. The van der Waals surface area contributed by atoms with Crippen molar-refractivity contribution in [3.63, 3.8) is 0 Å². The molecule has 1 fully saturated rings. The Hall–Kier alpha value is -2.13. The van der Waals surface area contributed by atoms with Gasteiger partial charge in [0.15, 0.2) is 0 Å². The molecule has 0 aromatic heterocycles. The van der Waals surface area contributed by atoms with Crippen molar-refractivity contribution in [3.8, 4) is 0 Å². The van der Waals surface area contributed by atoms with Crippen LogP contribution in [0.5, 0.6) is 0 Å². The fourth-order valence-corrected chi connectivity index (χ4v) is 3.68. The number of aryl methyl sites for hydroxylation is 1. The molecule has 0 spiro atoms. The second-order valence-electron chi connectivity index (χ2n) is 7.12. The van der Waals surface area contributed by atoms with Crippen LogP contribution in [-0.2, 0) is 11.3 Å². The van der Waals surface area contributed by atoms with E-state index in [9.17, 15) is 4.79 Å². The lowest BCUT2D eigenvalue weighted by Crippen LogP contribution is -2.41. The minimum atomic E-state index is 0.0658. The van der Waals surface area contributed by atoms with Gasteiger partial charge in [-0.1, -0.05) is 54.6 Å². The molecule has 0 unspecified atom stereocenters. The van der Waals surface area contributed by atoms with Gasteiger partial charge in [-0.25, -0.2) is 0 Å². The number of hydrogen-bond donors (Lipinski definition) is 1. The third kappa shape index (κ3) is 4.70. The van der Waals surface area contributed by atoms with Gasteiger partial charge in [0.05, 0.1) is 6.04 Å². The Kier molecular flexibility index (Phi) is 5.87. The van der Waals surface area contributed by atoms with Gasteiger partial charge in [0, 0.05) is 12.5 Å². The van der Waals surface area contributed by atoms with Crippen molar-refractivity contribution >= 4 is 5.91 Å². The molecule has 0 bridgehead atoms. The first-order chi connectivity index (χ1) is 12.1. The third-order valence-corrected chi connectivity index (χ3v) is 5.22. The van der Waals surface area contributed by atoms with Crippen molar-refractivity contribution < 1.29 is 4.79 Å². The molecule has 1 N–H and O–H groups in total. The van der Waals surface area contributed by atoms with Crippen LogP contribution in [-0.4, -0.2) is 23.9 Å². The summed E-state index contributed by atoms with van der Waals surface area (Å²) in [5, 5.41) is 3.21. The normalized spacial score (nSPS) is 17.2. The van der Waals surface area contributed by atoms with E-state index < -0.39 is 0 Å². The quantitative estimate of drug-likeness (QED) is 0.892. The number of rotatable bonds is 5. The molecule has 2 aromatic rings. The summed E-state index contributed by atoms with van der Waals surface area (Å²) in [7, 11) is 0. The zero-order valence-corrected chi connectivity index (χ0v) is 15.2. The summed E-state index contributed by atoms with van der Waals surface area (Å²) in [4.78, 5) is 15.1. The van der Waals surface area contributed by atoms with Gasteiger partial charge < -0.3 is 5.32 Å². The fraction of sp³-hybridized carbons (Fsp3) is 0.409. The molecule has 2 aromatic carbocycles. The molecule has 1 amide bonds. The number of carbonyl (C=O) groups is 1. The minimum absolute atomic E-state index is 0.0658. The van der Waals surface area contributed by atoms with Crippen LogP contribution in [0.25, 0.3) is 0 Å². The smallest absolute Gasteiger partial charge is 0.223 e. The predicted molar refractivity (Wildman–Crippen MR) is 102 cm³/mol. The third-order valence-electron chi connectivity index (χ3n) is 5.22. The van der Waals surface area contributed by atoms with Crippen molar-refractivity contribution in [1.29, 1.82) is 0 Å². The molecular weight excluding hydrogens is 308 g/mol. The lowest BCUT2D eigenvalue weighted by molar-refractivity contribution is -0.127. The van der Waals surface area contributed by atoms with E-state index in [4.69, 9.17) is 0 Å². The first-order valence-corrected chi connectivity index (χ1v) is 9.25. The van der Waals surface area contributed by atoms with Crippen LogP contribution in [0.2, 0.25) is 0 Å². The Balaban J connectivity index is 1.49. The van der Waals surface area contributed by atoms with E-state index in [0.717, 1.165) is 32.5 Å². The molecule has 3 nitrogen and oxygen atoms in total. The van der Waals surface area contributed by atoms with Crippen LogP contribution in [0.1, 0.15) is 42.5 Å². The maximum atomic E-state index is 12.6. The molecule has 0 saturated carbocycles. The SMILES string of the molecule is Cc1ccccc1[C@@H](C)NC(=O)C1CCN(Cc2ccccc2)CC1. The highest BCUT2D eigenvalue weighted by molar-refractivity contribution is 5.79. The molecule has 0 radical (unpaired) electrons. The van der Waals surface area contributed by atoms with Gasteiger partial charge in [0.25, 0.3) is 0 Å². The lowest BCUT2D eigenvalue weighted by Gasteiger charge is -2.32. The van der Waals surface area contributed by atoms with E-state index in [2.05, 4.69) is 66.5 Å². The van der Waals surface area contributed by atoms with E-state index in [1.165, 1.54) is 16.7 Å². The molecule has 1 heterocycles. The monoisotopic (exact) mass is 336 g/mol. The average molecular weight is 336 g/mol. The molecular formula is C22H28N2O. The molecule has 3 rings (SSSR count). The van der Waals surface area contributed by atoms with E-state index in [1.54, 1.807) is 0 Å². The molecule has 1 aliphatic rings. The Morgan fingerprint density at radius 1 is 1.08 bits per heavy atom. The van der Waals surface area contributed by atoms with E-state index in [-0.39, 0.29) is 17.9 Å². The van der Waals surface area contributed by atoms with Gasteiger partial charge in [0.1, 0.15) is 0 Å². The van der Waals surface area contributed by atoms with Crippen LogP contribution in [0.4, 0.5) is 0 Å². The zero-order chi connectivity index (χ0) is 17.6. The fourth-order valence-electron chi connectivity index (χ4n) is 3.68. The second kappa shape index (κ2) is 8.30. The maximum absolute atomic E-state index is 12.6. The van der Waals surface area contributed by atoms with Crippen LogP contribution in [0.15, 0.2) is 54.6 Å². The van der Waals surface area contributed by atoms with Crippen molar-refractivity contribution in [3.05, 3.63) is 71.3 Å². The molecule has 25 heavy (non-hydrogen) atoms. The van der Waals surface area contributed by atoms with Crippen molar-refractivity contribution in [2.75, 3.05) is 13.1 Å². The number of nitrogens with one attached hydrogen (secondary N) is 1. The number of likely N-dealkylation sites (tertiary alicyclic amines) is 1. The molecule has 1 aliphatic heterocycles. The van der Waals surface area contributed by atoms with E-state index >= 15 is 0 Å². The zero-order valence-electron chi connectivity index (χ0n) is 15.2. The standard InChI is InChI=1S/C22H28N2O/c1-17-8-6-7-11-21(17)18(2)23-22(25)20-12-14-24(15-13-20)16-19-9-4-3-5-10-19/h3-11,18,20H,12-16H2,1-2H3,(H,23,25)/t18-/m1/s1. The Morgan fingerprint density at radius 2 is 1.72 bits per heavy atom. The van der Waals surface area contributed by atoms with Crippen LogP contribution in [0, 0.1) is 12.8 Å². The van der Waals surface area contributed by atoms with Crippen LogP contribution >= 0.6 is 0 Å². The number of piperidine rings is 1. The van der Waals surface area contributed by atoms with Gasteiger partial charge in [-0.05, 0) is 56.5 Å². The number of nitrogens with zero attached hydrogens (tertiary/aromatic N) is 1. The summed E-state index contributed by atoms with van der Waals surface area (Å²) >= 11 is 0. The Bertz CT molecular complexity index is 690. The number of benzene rings is 2. The van der Waals surface area contributed by atoms with Gasteiger partial charge in [0.2, 0.25) is 5.91 Å². The topological polar surface area (TPSA) is 32.3 Å². The summed E-state index contributed by atoms with van der Waals surface area (Å²) in [6, 6.07) is 18.9. The number of hydrogen-bond acceptors (Lipinski definition) is 2. The highest BCUT2D eigenvalue weighted by Crippen LogP contribution is 2.22. The molecule has 0 aliphatic carbocycles. The van der Waals surface area contributed by atoms with Gasteiger partial charge in [-0.2, -0.15) is 0 Å². The largest absolute Gasteiger partial charge is 0.349 e. The van der Waals surface area contributed by atoms with Crippen molar-refractivity contribution in [2.24, 2.45) is 5.92 Å². The summed E-state index contributed by atoms with van der Waals surface area (Å²) < 4.78 is 0. The first kappa shape index (κ1) is 17.7. The maximum Gasteiger partial charge on any atom is 0.223 e. The van der Waals surface area contributed by atoms with E-state index in [1.807, 2.05) is 12.1 Å². The number of amides is 1. The first-order valence-electron chi connectivity index (χ1n) is 9.25. The minimum Gasteiger partial charge on any atom is -0.349 e. The molecule has 3 heteroatoms. The highest BCUT2D eigenvalue weighted by Gasteiger charge is 2.26. The lowest BCUT2D eigenvalue weighted by atomic mass is 9.94. The Morgan fingerprint density at radius 3 is 2.40 bits per heavy atom. The predicted octanol–water partition coefficient (Wildman–Crippen LogP) is 4.08. The van der Waals surface area contributed by atoms with Crippen molar-refractivity contribution in [2.45, 2.75) is 39.3 Å². The van der Waals surface area contributed by atoms with Gasteiger partial charge >= 0.3 is 0 Å². The summed E-state index contributed by atoms with van der Waals surface area (Å²) in [6.45, 7) is 7.14. The highest BCUT2D eigenvalue weighted by atomic mass is 16.1.